The molecule has 0 amide bonds. The first-order valence-corrected chi connectivity index (χ1v) is 5.37. The van der Waals surface area contributed by atoms with Crippen LogP contribution < -0.4 is 4.74 Å². The zero-order chi connectivity index (χ0) is 12.5. The molecule has 0 bridgehead atoms. The van der Waals surface area contributed by atoms with Crippen molar-refractivity contribution >= 4 is 11.8 Å². The molecule has 1 aliphatic carbocycles. The Kier molecular flexibility index (Phi) is 2.88. The molecule has 0 saturated heterocycles. The Morgan fingerprint density at radius 1 is 1.18 bits per heavy atom. The van der Waals surface area contributed by atoms with E-state index < -0.39 is 5.41 Å². The largest absolute Gasteiger partial charge is 0.497 e. The fourth-order valence-corrected chi connectivity index (χ4v) is 2.19. The van der Waals surface area contributed by atoms with Crippen LogP contribution in [0.1, 0.15) is 18.4 Å². The van der Waals surface area contributed by atoms with E-state index in [2.05, 4.69) is 0 Å². The minimum absolute atomic E-state index is 0.0891. The van der Waals surface area contributed by atoms with Gasteiger partial charge in [0.15, 0.2) is 0 Å². The fraction of sp³-hybridized carbons (Fsp3) is 0.385. The number of methoxy groups -OCH3 is 2. The van der Waals surface area contributed by atoms with E-state index in [0.717, 1.165) is 11.3 Å². The minimum atomic E-state index is -0.780. The van der Waals surface area contributed by atoms with Crippen LogP contribution in [-0.4, -0.2) is 26.0 Å². The molecule has 2 rings (SSSR count). The molecule has 90 valence electrons. The van der Waals surface area contributed by atoms with Gasteiger partial charge in [-0.15, -0.1) is 0 Å². The van der Waals surface area contributed by atoms with Crippen molar-refractivity contribution in [3.05, 3.63) is 29.8 Å². The van der Waals surface area contributed by atoms with Crippen LogP contribution in [0.3, 0.4) is 0 Å². The Labute approximate surface area is 99.5 Å². The van der Waals surface area contributed by atoms with E-state index in [-0.39, 0.29) is 24.6 Å². The highest BCUT2D eigenvalue weighted by Crippen LogP contribution is 2.42. The predicted octanol–water partition coefficient (Wildman–Crippen LogP) is 1.47. The third-order valence-corrected chi connectivity index (χ3v) is 3.22. The lowest BCUT2D eigenvalue weighted by molar-refractivity contribution is -0.156. The third-order valence-electron chi connectivity index (χ3n) is 3.22. The molecule has 0 aromatic heterocycles. The molecule has 1 aliphatic rings. The van der Waals surface area contributed by atoms with Gasteiger partial charge < -0.3 is 9.47 Å². The second kappa shape index (κ2) is 4.20. The van der Waals surface area contributed by atoms with E-state index >= 15 is 0 Å². The Morgan fingerprint density at radius 2 is 1.76 bits per heavy atom. The Morgan fingerprint density at radius 3 is 2.18 bits per heavy atom. The number of esters is 1. The van der Waals surface area contributed by atoms with E-state index in [9.17, 15) is 9.59 Å². The number of Topliss-reactive ketones (excluding diaryl/α,β-unsaturated/α-hetero) is 1. The van der Waals surface area contributed by atoms with Crippen molar-refractivity contribution in [1.82, 2.24) is 0 Å². The summed E-state index contributed by atoms with van der Waals surface area (Å²) in [7, 11) is 2.92. The number of ether oxygens (including phenoxy) is 2. The van der Waals surface area contributed by atoms with Gasteiger partial charge in [-0.3, -0.25) is 9.59 Å². The zero-order valence-corrected chi connectivity index (χ0v) is 9.86. The van der Waals surface area contributed by atoms with Crippen molar-refractivity contribution in [2.75, 3.05) is 14.2 Å². The summed E-state index contributed by atoms with van der Waals surface area (Å²) < 4.78 is 9.85. The Hall–Kier alpha value is -1.84. The van der Waals surface area contributed by atoms with Crippen LogP contribution in [0.15, 0.2) is 24.3 Å². The average molecular weight is 234 g/mol. The van der Waals surface area contributed by atoms with Gasteiger partial charge in [-0.05, 0) is 17.7 Å². The lowest BCUT2D eigenvalue weighted by atomic mass is 9.63. The molecular formula is C13H14O4. The fourth-order valence-electron chi connectivity index (χ4n) is 2.19. The molecule has 1 saturated carbocycles. The average Bonchev–Trinajstić information content (AvgIpc) is 2.34. The number of hydrogen-bond donors (Lipinski definition) is 0. The lowest BCUT2D eigenvalue weighted by Gasteiger charge is -2.37. The second-order valence-corrected chi connectivity index (χ2v) is 4.19. The third kappa shape index (κ3) is 1.79. The molecule has 4 nitrogen and oxygen atoms in total. The SMILES string of the molecule is COC(=O)C1(c2ccc(OC)cc2)CC(=O)C1. The predicted molar refractivity (Wildman–Crippen MR) is 60.9 cm³/mol. The summed E-state index contributed by atoms with van der Waals surface area (Å²) in [6, 6.07) is 7.18. The summed E-state index contributed by atoms with van der Waals surface area (Å²) >= 11 is 0. The van der Waals surface area contributed by atoms with Gasteiger partial charge in [-0.1, -0.05) is 12.1 Å². The summed E-state index contributed by atoms with van der Waals surface area (Å²) in [5, 5.41) is 0. The molecule has 1 aromatic rings. The van der Waals surface area contributed by atoms with Crippen molar-refractivity contribution in [3.63, 3.8) is 0 Å². The number of rotatable bonds is 3. The number of carbonyl (C=O) groups is 2. The topological polar surface area (TPSA) is 52.6 Å². The van der Waals surface area contributed by atoms with Gasteiger partial charge in [0.25, 0.3) is 0 Å². The van der Waals surface area contributed by atoms with E-state index in [4.69, 9.17) is 9.47 Å². The first-order valence-electron chi connectivity index (χ1n) is 5.37. The molecule has 0 N–H and O–H groups in total. The van der Waals surface area contributed by atoms with Crippen LogP contribution in [-0.2, 0) is 19.7 Å². The number of hydrogen-bond acceptors (Lipinski definition) is 4. The van der Waals surface area contributed by atoms with Crippen molar-refractivity contribution in [2.24, 2.45) is 0 Å². The van der Waals surface area contributed by atoms with Crippen molar-refractivity contribution < 1.29 is 19.1 Å². The van der Waals surface area contributed by atoms with Gasteiger partial charge in [0.2, 0.25) is 0 Å². The van der Waals surface area contributed by atoms with Crippen LogP contribution in [0.5, 0.6) is 5.75 Å². The Balaban J connectivity index is 2.33. The highest BCUT2D eigenvalue weighted by Gasteiger charge is 2.52. The van der Waals surface area contributed by atoms with Gasteiger partial charge in [0, 0.05) is 12.8 Å². The monoisotopic (exact) mass is 234 g/mol. The van der Waals surface area contributed by atoms with E-state index in [1.54, 1.807) is 19.2 Å². The van der Waals surface area contributed by atoms with Gasteiger partial charge in [0.1, 0.15) is 16.9 Å². The molecule has 0 radical (unpaired) electrons. The lowest BCUT2D eigenvalue weighted by Crippen LogP contribution is -2.48. The van der Waals surface area contributed by atoms with E-state index in [1.807, 2.05) is 12.1 Å². The van der Waals surface area contributed by atoms with Gasteiger partial charge >= 0.3 is 5.97 Å². The van der Waals surface area contributed by atoms with Crippen LogP contribution in [0.2, 0.25) is 0 Å². The first kappa shape index (κ1) is 11.6. The van der Waals surface area contributed by atoms with E-state index in [0.29, 0.717) is 0 Å². The van der Waals surface area contributed by atoms with Crippen molar-refractivity contribution in [2.45, 2.75) is 18.3 Å². The molecule has 1 aromatic carbocycles. The maximum Gasteiger partial charge on any atom is 0.317 e. The van der Waals surface area contributed by atoms with Crippen molar-refractivity contribution in [3.8, 4) is 5.75 Å². The zero-order valence-electron chi connectivity index (χ0n) is 9.86. The quantitative estimate of drug-likeness (QED) is 0.743. The molecule has 1 fully saturated rings. The minimum Gasteiger partial charge on any atom is -0.497 e. The second-order valence-electron chi connectivity index (χ2n) is 4.19. The number of ketones is 1. The van der Waals surface area contributed by atoms with Gasteiger partial charge in [-0.2, -0.15) is 0 Å². The van der Waals surface area contributed by atoms with Crippen LogP contribution in [0.4, 0.5) is 0 Å². The summed E-state index contributed by atoms with van der Waals surface area (Å²) in [6.45, 7) is 0. The maximum atomic E-state index is 11.8. The molecule has 4 heteroatoms. The maximum absolute atomic E-state index is 11.8. The van der Waals surface area contributed by atoms with Crippen LogP contribution in [0, 0.1) is 0 Å². The molecule has 17 heavy (non-hydrogen) atoms. The standard InChI is InChI=1S/C13H14O4/c1-16-11-5-3-9(4-6-11)13(12(15)17-2)7-10(14)8-13/h3-6H,7-8H2,1-2H3. The molecule has 0 atom stereocenters. The van der Waals surface area contributed by atoms with E-state index in [1.165, 1.54) is 7.11 Å². The number of carbonyl (C=O) groups excluding carboxylic acids is 2. The summed E-state index contributed by atoms with van der Waals surface area (Å²) in [6.07, 6.45) is 0.456. The molecular weight excluding hydrogens is 220 g/mol. The molecule has 0 spiro atoms. The molecule has 0 unspecified atom stereocenters. The van der Waals surface area contributed by atoms with Gasteiger partial charge in [0.05, 0.1) is 14.2 Å². The van der Waals surface area contributed by atoms with Crippen LogP contribution >= 0.6 is 0 Å². The summed E-state index contributed by atoms with van der Waals surface area (Å²) in [4.78, 5) is 23.0. The Bertz CT molecular complexity index is 439. The summed E-state index contributed by atoms with van der Waals surface area (Å²) in [5.74, 6) is 0.466. The normalized spacial score (nSPS) is 17.2. The number of benzene rings is 1. The highest BCUT2D eigenvalue weighted by atomic mass is 16.5. The smallest absolute Gasteiger partial charge is 0.317 e. The highest BCUT2D eigenvalue weighted by molar-refractivity contribution is 6.02. The summed E-state index contributed by atoms with van der Waals surface area (Å²) in [5.41, 5.74) is 0.0303. The van der Waals surface area contributed by atoms with Crippen LogP contribution in [0.25, 0.3) is 0 Å². The molecule has 0 heterocycles. The first-order chi connectivity index (χ1) is 8.12. The molecule has 0 aliphatic heterocycles. The van der Waals surface area contributed by atoms with Crippen molar-refractivity contribution in [1.29, 1.82) is 0 Å². The van der Waals surface area contributed by atoms with Gasteiger partial charge in [-0.25, -0.2) is 0 Å².